The molecule has 0 saturated carbocycles. The van der Waals surface area contributed by atoms with Gasteiger partial charge in [0.15, 0.2) is 6.10 Å². The molecule has 0 bridgehead atoms. The summed E-state index contributed by atoms with van der Waals surface area (Å²) in [5.41, 5.74) is 2.30. The van der Waals surface area contributed by atoms with E-state index in [0.717, 1.165) is 23.0 Å². The minimum absolute atomic E-state index is 0.0175. The molecule has 30 heavy (non-hydrogen) atoms. The number of aromatic nitrogens is 2. The molecule has 0 aliphatic carbocycles. The molecule has 0 saturated heterocycles. The van der Waals surface area contributed by atoms with Crippen LogP contribution in [0.25, 0.3) is 11.0 Å². The zero-order valence-electron chi connectivity index (χ0n) is 16.7. The first-order valence-electron chi connectivity index (χ1n) is 9.14. The van der Waals surface area contributed by atoms with Crippen molar-refractivity contribution in [2.45, 2.75) is 25.5 Å². The lowest BCUT2D eigenvalue weighted by molar-refractivity contribution is -0.138. The SMILES string of the molecule is COc1ccc2nc(C(C)Oc3ccc(CC(NS(C)(=O)=O)C(=O)O)cc3)[nH]c2c1. The van der Waals surface area contributed by atoms with E-state index in [-0.39, 0.29) is 12.5 Å². The van der Waals surface area contributed by atoms with Gasteiger partial charge in [0, 0.05) is 6.07 Å². The van der Waals surface area contributed by atoms with Gasteiger partial charge in [-0.2, -0.15) is 0 Å². The number of H-pyrrole nitrogens is 1. The van der Waals surface area contributed by atoms with Gasteiger partial charge >= 0.3 is 5.97 Å². The summed E-state index contributed by atoms with van der Waals surface area (Å²) in [5.74, 6) is 0.723. The molecule has 2 unspecified atom stereocenters. The number of ether oxygens (including phenoxy) is 2. The Morgan fingerprint density at radius 3 is 2.47 bits per heavy atom. The second-order valence-electron chi connectivity index (χ2n) is 6.89. The number of nitrogens with one attached hydrogen (secondary N) is 2. The van der Waals surface area contributed by atoms with Crippen molar-refractivity contribution < 1.29 is 27.8 Å². The third-order valence-corrected chi connectivity index (χ3v) is 5.14. The summed E-state index contributed by atoms with van der Waals surface area (Å²) in [4.78, 5) is 19.0. The minimum Gasteiger partial charge on any atom is -0.497 e. The largest absolute Gasteiger partial charge is 0.497 e. The first-order valence-corrected chi connectivity index (χ1v) is 11.0. The molecular formula is C20H23N3O6S. The van der Waals surface area contributed by atoms with Gasteiger partial charge in [-0.3, -0.25) is 4.79 Å². The number of sulfonamides is 1. The number of carbonyl (C=O) groups is 1. The molecule has 0 aliphatic heterocycles. The van der Waals surface area contributed by atoms with Crippen LogP contribution in [0.4, 0.5) is 0 Å². The Bertz CT molecular complexity index is 1140. The highest BCUT2D eigenvalue weighted by Gasteiger charge is 2.22. The minimum atomic E-state index is -3.63. The first kappa shape index (κ1) is 21.6. The molecule has 3 N–H and O–H groups in total. The van der Waals surface area contributed by atoms with Crippen LogP contribution in [0.1, 0.15) is 24.4 Å². The Kier molecular flexibility index (Phi) is 6.28. The van der Waals surface area contributed by atoms with Crippen molar-refractivity contribution in [2.75, 3.05) is 13.4 Å². The Labute approximate surface area is 174 Å². The Morgan fingerprint density at radius 1 is 1.20 bits per heavy atom. The maximum atomic E-state index is 11.3. The van der Waals surface area contributed by atoms with Crippen LogP contribution in [0.5, 0.6) is 11.5 Å². The number of fused-ring (bicyclic) bond motifs is 1. The molecule has 3 aromatic rings. The lowest BCUT2D eigenvalue weighted by Gasteiger charge is -2.15. The van der Waals surface area contributed by atoms with E-state index in [9.17, 15) is 18.3 Å². The van der Waals surface area contributed by atoms with E-state index in [1.807, 2.05) is 25.1 Å². The Morgan fingerprint density at radius 2 is 1.87 bits per heavy atom. The summed E-state index contributed by atoms with van der Waals surface area (Å²) in [6.45, 7) is 1.86. The maximum absolute atomic E-state index is 11.3. The summed E-state index contributed by atoms with van der Waals surface area (Å²) in [7, 11) is -2.03. The molecule has 1 aromatic heterocycles. The number of rotatable bonds is 9. The normalized spacial score (nSPS) is 13.7. The number of hydrogen-bond donors (Lipinski definition) is 3. The van der Waals surface area contributed by atoms with Gasteiger partial charge in [0.2, 0.25) is 10.0 Å². The van der Waals surface area contributed by atoms with E-state index < -0.39 is 22.0 Å². The van der Waals surface area contributed by atoms with Gasteiger partial charge < -0.3 is 19.6 Å². The summed E-state index contributed by atoms with van der Waals surface area (Å²) in [5, 5.41) is 9.22. The lowest BCUT2D eigenvalue weighted by atomic mass is 10.1. The van der Waals surface area contributed by atoms with Gasteiger partial charge in [-0.25, -0.2) is 18.1 Å². The van der Waals surface area contributed by atoms with Crippen LogP contribution in [-0.2, 0) is 21.2 Å². The third-order valence-electron chi connectivity index (χ3n) is 4.42. The average molecular weight is 433 g/mol. The third kappa shape index (κ3) is 5.49. The van der Waals surface area contributed by atoms with E-state index in [2.05, 4.69) is 14.7 Å². The Hall–Kier alpha value is -3.11. The van der Waals surface area contributed by atoms with Gasteiger partial charge in [-0.05, 0) is 43.2 Å². The summed E-state index contributed by atoms with van der Waals surface area (Å²) in [6, 6.07) is 11.1. The quantitative estimate of drug-likeness (QED) is 0.472. The highest BCUT2D eigenvalue weighted by Crippen LogP contribution is 2.24. The van der Waals surface area contributed by atoms with Crippen molar-refractivity contribution in [3.8, 4) is 11.5 Å². The second kappa shape index (κ2) is 8.72. The number of carboxylic acids is 1. The van der Waals surface area contributed by atoms with E-state index in [1.165, 1.54) is 0 Å². The van der Waals surface area contributed by atoms with Crippen LogP contribution in [0.3, 0.4) is 0 Å². The zero-order valence-corrected chi connectivity index (χ0v) is 17.6. The van der Waals surface area contributed by atoms with Gasteiger partial charge in [0.1, 0.15) is 23.4 Å². The molecule has 10 heteroatoms. The number of aliphatic carboxylic acids is 1. The number of carboxylic acid groups (broad SMARTS) is 1. The standard InChI is InChI=1S/C20H23N3O6S/c1-12(19-21-16-9-8-15(28-2)11-17(16)22-19)29-14-6-4-13(5-7-14)10-18(20(24)25)23-30(3,26)27/h4-9,11-12,18,23H,10H2,1-3H3,(H,21,22)(H,24,25). The van der Waals surface area contributed by atoms with Crippen LogP contribution in [0.15, 0.2) is 42.5 Å². The number of aromatic amines is 1. The van der Waals surface area contributed by atoms with E-state index >= 15 is 0 Å². The van der Waals surface area contributed by atoms with E-state index in [4.69, 9.17) is 9.47 Å². The highest BCUT2D eigenvalue weighted by molar-refractivity contribution is 7.88. The fourth-order valence-corrected chi connectivity index (χ4v) is 3.67. The molecular weight excluding hydrogens is 410 g/mol. The molecule has 2 aromatic carbocycles. The molecule has 0 radical (unpaired) electrons. The predicted octanol–water partition coefficient (Wildman–Crippen LogP) is 2.26. The molecule has 160 valence electrons. The van der Waals surface area contributed by atoms with Crippen molar-refractivity contribution in [2.24, 2.45) is 0 Å². The lowest BCUT2D eigenvalue weighted by Crippen LogP contribution is -2.41. The molecule has 0 amide bonds. The first-order chi connectivity index (χ1) is 14.1. The van der Waals surface area contributed by atoms with Gasteiger partial charge in [0.25, 0.3) is 0 Å². The summed E-state index contributed by atoms with van der Waals surface area (Å²) < 4.78 is 35.9. The highest BCUT2D eigenvalue weighted by atomic mass is 32.2. The van der Waals surface area contributed by atoms with Crippen molar-refractivity contribution in [1.29, 1.82) is 0 Å². The topological polar surface area (TPSA) is 131 Å². The molecule has 9 nitrogen and oxygen atoms in total. The van der Waals surface area contributed by atoms with E-state index in [0.29, 0.717) is 17.1 Å². The van der Waals surface area contributed by atoms with Crippen LogP contribution in [0.2, 0.25) is 0 Å². The smallest absolute Gasteiger partial charge is 0.322 e. The summed E-state index contributed by atoms with van der Waals surface area (Å²) in [6.07, 6.45) is 0.590. The number of hydrogen-bond acceptors (Lipinski definition) is 6. The van der Waals surface area contributed by atoms with Crippen LogP contribution < -0.4 is 14.2 Å². The van der Waals surface area contributed by atoms with Crippen molar-refractivity contribution >= 4 is 27.0 Å². The Balaban J connectivity index is 1.68. The monoisotopic (exact) mass is 433 g/mol. The zero-order chi connectivity index (χ0) is 21.9. The molecule has 0 fully saturated rings. The van der Waals surface area contributed by atoms with Crippen molar-refractivity contribution in [1.82, 2.24) is 14.7 Å². The number of methoxy groups -OCH3 is 1. The molecule has 0 spiro atoms. The predicted molar refractivity (Wildman–Crippen MR) is 111 cm³/mol. The molecule has 2 atom stereocenters. The number of nitrogens with zero attached hydrogens (tertiary/aromatic N) is 1. The molecule has 3 rings (SSSR count). The van der Waals surface area contributed by atoms with Crippen LogP contribution in [0, 0.1) is 0 Å². The van der Waals surface area contributed by atoms with Crippen molar-refractivity contribution in [3.05, 3.63) is 53.9 Å². The summed E-state index contributed by atoms with van der Waals surface area (Å²) >= 11 is 0. The van der Waals surface area contributed by atoms with Gasteiger partial charge in [0.05, 0.1) is 24.4 Å². The second-order valence-corrected chi connectivity index (χ2v) is 8.67. The maximum Gasteiger partial charge on any atom is 0.322 e. The fourth-order valence-electron chi connectivity index (χ4n) is 2.97. The molecule has 0 aliphatic rings. The van der Waals surface area contributed by atoms with E-state index in [1.54, 1.807) is 31.4 Å². The van der Waals surface area contributed by atoms with Gasteiger partial charge in [-0.15, -0.1) is 0 Å². The fraction of sp³-hybridized carbons (Fsp3) is 0.300. The average Bonchev–Trinajstić information content (AvgIpc) is 3.11. The number of benzene rings is 2. The van der Waals surface area contributed by atoms with Gasteiger partial charge in [-0.1, -0.05) is 12.1 Å². The van der Waals surface area contributed by atoms with Crippen LogP contribution in [-0.4, -0.2) is 48.9 Å². The number of imidazole rings is 1. The van der Waals surface area contributed by atoms with Crippen molar-refractivity contribution in [3.63, 3.8) is 0 Å². The molecule has 1 heterocycles. The van der Waals surface area contributed by atoms with Crippen LogP contribution >= 0.6 is 0 Å².